The zero-order chi connectivity index (χ0) is 8.32. The fraction of sp³-hybridized carbons (Fsp3) is 0.571. The molecule has 0 aliphatic carbocycles. The second kappa shape index (κ2) is 3.63. The number of halogens is 1. The van der Waals surface area contributed by atoms with Gasteiger partial charge in [-0.25, -0.2) is 4.79 Å². The molecule has 0 amide bonds. The maximum Gasteiger partial charge on any atom is 0.333 e. The number of thioether (sulfide) groups is 1. The lowest BCUT2D eigenvalue weighted by atomic mass is 10.3. The van der Waals surface area contributed by atoms with Gasteiger partial charge in [-0.3, -0.25) is 0 Å². The Balaban J connectivity index is 2.51. The molecule has 0 saturated carbocycles. The Morgan fingerprint density at radius 3 is 3.09 bits per heavy atom. The van der Waals surface area contributed by atoms with E-state index in [2.05, 4.69) is 15.9 Å². The van der Waals surface area contributed by atoms with Crippen LogP contribution < -0.4 is 0 Å². The molecule has 0 aromatic rings. The summed E-state index contributed by atoms with van der Waals surface area (Å²) in [6, 6.07) is 0. The van der Waals surface area contributed by atoms with E-state index in [1.54, 1.807) is 6.92 Å². The molecule has 4 heteroatoms. The molecule has 0 saturated heterocycles. The molecular weight excluding hydrogens is 228 g/mol. The van der Waals surface area contributed by atoms with Gasteiger partial charge in [0.2, 0.25) is 0 Å². The number of hydrogen-bond donors (Lipinski definition) is 0. The molecule has 11 heavy (non-hydrogen) atoms. The van der Waals surface area contributed by atoms with Crippen LogP contribution in [0.5, 0.6) is 0 Å². The number of hydrogen-bond acceptors (Lipinski definition) is 3. The maximum atomic E-state index is 11.2. The van der Waals surface area contributed by atoms with Crippen molar-refractivity contribution in [1.29, 1.82) is 0 Å². The lowest BCUT2D eigenvalue weighted by Gasteiger charge is -2.17. The minimum atomic E-state index is -0.539. The van der Waals surface area contributed by atoms with Crippen molar-refractivity contribution < 1.29 is 9.53 Å². The fourth-order valence-corrected chi connectivity index (χ4v) is 2.15. The van der Waals surface area contributed by atoms with Crippen molar-refractivity contribution >= 4 is 33.7 Å². The van der Waals surface area contributed by atoms with Crippen LogP contribution in [0.3, 0.4) is 0 Å². The van der Waals surface area contributed by atoms with Gasteiger partial charge in [0.25, 0.3) is 0 Å². The summed E-state index contributed by atoms with van der Waals surface area (Å²) in [5.74, 6) is -0.185. The molecule has 1 unspecified atom stereocenters. The van der Waals surface area contributed by atoms with Gasteiger partial charge in [-0.05, 0) is 12.3 Å². The smallest absolute Gasteiger partial charge is 0.333 e. The van der Waals surface area contributed by atoms with E-state index < -0.39 is 3.66 Å². The largest absolute Gasteiger partial charge is 0.464 e. The third-order valence-electron chi connectivity index (χ3n) is 1.31. The highest BCUT2D eigenvalue weighted by atomic mass is 79.9. The fourth-order valence-electron chi connectivity index (χ4n) is 0.774. The van der Waals surface area contributed by atoms with Crippen LogP contribution in [0.15, 0.2) is 11.5 Å². The summed E-state index contributed by atoms with van der Waals surface area (Å²) in [6.45, 7) is 2.24. The first-order valence-corrected chi connectivity index (χ1v) is 5.05. The molecular formula is C7H9BrO2S. The molecule has 1 rings (SSSR count). The van der Waals surface area contributed by atoms with E-state index in [0.29, 0.717) is 13.0 Å². The lowest BCUT2D eigenvalue weighted by molar-refractivity contribution is -0.143. The van der Waals surface area contributed by atoms with Crippen molar-refractivity contribution in [2.24, 2.45) is 0 Å². The average molecular weight is 237 g/mol. The molecule has 0 N–H and O–H groups in total. The SMILES string of the molecule is CCOC(=O)C1(Br)CC=CS1. The standard InChI is InChI=1S/C7H9BrO2S/c1-2-10-6(9)7(8)4-3-5-11-7/h3,5H,2,4H2,1H3. The van der Waals surface area contributed by atoms with Crippen LogP contribution in [-0.4, -0.2) is 16.2 Å². The summed E-state index contributed by atoms with van der Waals surface area (Å²) in [5, 5.41) is 1.91. The molecule has 62 valence electrons. The van der Waals surface area contributed by atoms with E-state index in [1.165, 1.54) is 11.8 Å². The van der Waals surface area contributed by atoms with Crippen molar-refractivity contribution in [2.75, 3.05) is 6.61 Å². The Labute approximate surface area is 78.5 Å². The quantitative estimate of drug-likeness (QED) is 0.544. The minimum absolute atomic E-state index is 0.185. The first-order valence-electron chi connectivity index (χ1n) is 3.38. The van der Waals surface area contributed by atoms with E-state index in [4.69, 9.17) is 4.74 Å². The molecule has 0 bridgehead atoms. The summed E-state index contributed by atoms with van der Waals surface area (Å²) in [5.41, 5.74) is 0. The maximum absolute atomic E-state index is 11.2. The van der Waals surface area contributed by atoms with Gasteiger partial charge in [0.05, 0.1) is 6.61 Å². The summed E-state index contributed by atoms with van der Waals surface area (Å²) in [7, 11) is 0. The third kappa shape index (κ3) is 1.99. The van der Waals surface area contributed by atoms with Gasteiger partial charge >= 0.3 is 5.97 Å². The Hall–Kier alpha value is 0.0400. The molecule has 0 fully saturated rings. The van der Waals surface area contributed by atoms with Crippen LogP contribution >= 0.6 is 27.7 Å². The van der Waals surface area contributed by atoms with Crippen LogP contribution in [0, 0.1) is 0 Å². The molecule has 1 aliphatic heterocycles. The summed E-state index contributed by atoms with van der Waals surface area (Å²) in [4.78, 5) is 11.2. The number of carbonyl (C=O) groups excluding carboxylic acids is 1. The predicted molar refractivity (Wildman–Crippen MR) is 49.6 cm³/mol. The number of esters is 1. The van der Waals surface area contributed by atoms with Crippen LogP contribution in [0.25, 0.3) is 0 Å². The highest BCUT2D eigenvalue weighted by Gasteiger charge is 2.38. The normalized spacial score (nSPS) is 28.9. The molecule has 0 aromatic heterocycles. The molecule has 0 radical (unpaired) electrons. The Morgan fingerprint density at radius 2 is 2.64 bits per heavy atom. The number of alkyl halides is 1. The van der Waals surface area contributed by atoms with E-state index in [0.717, 1.165) is 0 Å². The Morgan fingerprint density at radius 1 is 1.91 bits per heavy atom. The van der Waals surface area contributed by atoms with Crippen LogP contribution in [0.1, 0.15) is 13.3 Å². The summed E-state index contributed by atoms with van der Waals surface area (Å²) in [6.07, 6.45) is 2.66. The van der Waals surface area contributed by atoms with Gasteiger partial charge in [0, 0.05) is 6.42 Å². The summed E-state index contributed by atoms with van der Waals surface area (Å²) >= 11 is 4.79. The first kappa shape index (κ1) is 9.13. The lowest BCUT2D eigenvalue weighted by Crippen LogP contribution is -2.27. The number of allylic oxidation sites excluding steroid dienone is 1. The van der Waals surface area contributed by atoms with Gasteiger partial charge in [-0.2, -0.15) is 0 Å². The molecule has 1 aliphatic rings. The number of carbonyl (C=O) groups is 1. The average Bonchev–Trinajstić information content (AvgIpc) is 2.38. The second-order valence-corrected chi connectivity index (χ2v) is 5.23. The molecule has 0 aromatic carbocycles. The highest BCUT2D eigenvalue weighted by Crippen LogP contribution is 2.42. The monoisotopic (exact) mass is 236 g/mol. The molecule has 2 nitrogen and oxygen atoms in total. The Kier molecular flexibility index (Phi) is 3.01. The van der Waals surface area contributed by atoms with Crippen LogP contribution in [0.4, 0.5) is 0 Å². The van der Waals surface area contributed by atoms with Crippen molar-refractivity contribution in [3.63, 3.8) is 0 Å². The predicted octanol–water partition coefficient (Wildman–Crippen LogP) is 2.29. The van der Waals surface area contributed by atoms with Crippen molar-refractivity contribution in [1.82, 2.24) is 0 Å². The van der Waals surface area contributed by atoms with Gasteiger partial charge in [-0.15, -0.1) is 11.8 Å². The van der Waals surface area contributed by atoms with E-state index >= 15 is 0 Å². The number of rotatable bonds is 2. The van der Waals surface area contributed by atoms with Gasteiger partial charge < -0.3 is 4.74 Å². The topological polar surface area (TPSA) is 26.3 Å². The number of ether oxygens (including phenoxy) is 1. The third-order valence-corrected chi connectivity index (χ3v) is 3.56. The van der Waals surface area contributed by atoms with Crippen molar-refractivity contribution in [2.45, 2.75) is 17.0 Å². The zero-order valence-electron chi connectivity index (χ0n) is 6.17. The van der Waals surface area contributed by atoms with Crippen LogP contribution in [0.2, 0.25) is 0 Å². The van der Waals surface area contributed by atoms with E-state index in [9.17, 15) is 4.79 Å². The van der Waals surface area contributed by atoms with E-state index in [-0.39, 0.29) is 5.97 Å². The summed E-state index contributed by atoms with van der Waals surface area (Å²) < 4.78 is 4.34. The Bertz CT molecular complexity index is 183. The molecule has 1 atom stereocenters. The minimum Gasteiger partial charge on any atom is -0.464 e. The zero-order valence-corrected chi connectivity index (χ0v) is 8.57. The van der Waals surface area contributed by atoms with Gasteiger partial charge in [0.15, 0.2) is 3.66 Å². The van der Waals surface area contributed by atoms with Crippen molar-refractivity contribution in [3.05, 3.63) is 11.5 Å². The van der Waals surface area contributed by atoms with Gasteiger partial charge in [0.1, 0.15) is 0 Å². The van der Waals surface area contributed by atoms with E-state index in [1.807, 2.05) is 11.5 Å². The molecule has 0 spiro atoms. The first-order chi connectivity index (χ1) is 5.19. The highest BCUT2D eigenvalue weighted by molar-refractivity contribution is 9.12. The second-order valence-electron chi connectivity index (χ2n) is 2.14. The van der Waals surface area contributed by atoms with Crippen LogP contribution in [-0.2, 0) is 9.53 Å². The van der Waals surface area contributed by atoms with Crippen molar-refractivity contribution in [3.8, 4) is 0 Å². The van der Waals surface area contributed by atoms with Gasteiger partial charge in [-0.1, -0.05) is 22.0 Å². The molecule has 1 heterocycles.